The van der Waals surface area contributed by atoms with Crippen molar-refractivity contribution in [2.24, 2.45) is 5.73 Å². The Balaban J connectivity index is 1.97. The third-order valence-corrected chi connectivity index (χ3v) is 5.29. The van der Waals surface area contributed by atoms with Crippen LogP contribution >= 0.6 is 0 Å². The van der Waals surface area contributed by atoms with Crippen LogP contribution in [0.5, 0.6) is 0 Å². The van der Waals surface area contributed by atoms with Crippen LogP contribution in [0.25, 0.3) is 0 Å². The molecule has 1 aliphatic rings. The summed E-state index contributed by atoms with van der Waals surface area (Å²) in [5, 5.41) is 9.09. The topological polar surface area (TPSA) is 92.9 Å². The van der Waals surface area contributed by atoms with Gasteiger partial charge in [0.15, 0.2) is 9.84 Å². The smallest absolute Gasteiger partial charge is 0.179 e. The van der Waals surface area contributed by atoms with Crippen molar-refractivity contribution in [2.75, 3.05) is 38.6 Å². The largest absolute Gasteiger partial charge is 0.394 e. The number of benzene rings is 1. The second-order valence-electron chi connectivity index (χ2n) is 5.15. The van der Waals surface area contributed by atoms with Gasteiger partial charge in [0.2, 0.25) is 0 Å². The molecule has 7 heteroatoms. The van der Waals surface area contributed by atoms with E-state index < -0.39 is 9.84 Å². The van der Waals surface area contributed by atoms with Crippen molar-refractivity contribution >= 4 is 9.84 Å². The number of aliphatic hydroxyl groups excluding tert-OH is 1. The first-order valence-corrected chi connectivity index (χ1v) is 8.67. The molecule has 1 aromatic rings. The van der Waals surface area contributed by atoms with E-state index in [1.165, 1.54) is 0 Å². The molecule has 1 saturated heterocycles. The quantitative estimate of drug-likeness (QED) is 0.743. The fraction of sp³-hybridized carbons (Fsp3) is 0.571. The molecule has 0 aliphatic carbocycles. The lowest BCUT2D eigenvalue weighted by Gasteiger charge is -2.31. The van der Waals surface area contributed by atoms with Crippen LogP contribution in [0.15, 0.2) is 29.2 Å². The lowest BCUT2D eigenvalue weighted by Crippen LogP contribution is -2.45. The molecule has 2 rings (SSSR count). The van der Waals surface area contributed by atoms with E-state index in [-0.39, 0.29) is 18.5 Å². The predicted molar refractivity (Wildman–Crippen MR) is 79.7 cm³/mol. The Labute approximate surface area is 125 Å². The molecule has 1 heterocycles. The molecule has 21 heavy (non-hydrogen) atoms. The van der Waals surface area contributed by atoms with Gasteiger partial charge in [-0.3, -0.25) is 4.90 Å². The van der Waals surface area contributed by atoms with Gasteiger partial charge in [-0.15, -0.1) is 0 Å². The number of hydrogen-bond donors (Lipinski definition) is 2. The van der Waals surface area contributed by atoms with Crippen LogP contribution in [0.3, 0.4) is 0 Å². The van der Waals surface area contributed by atoms with Gasteiger partial charge >= 0.3 is 0 Å². The van der Waals surface area contributed by atoms with Crippen LogP contribution in [0.4, 0.5) is 0 Å². The number of nitrogens with two attached hydrogens (primary N) is 1. The lowest BCUT2D eigenvalue weighted by molar-refractivity contribution is -0.0510. The Morgan fingerprint density at radius 1 is 1.43 bits per heavy atom. The second kappa shape index (κ2) is 7.33. The van der Waals surface area contributed by atoms with E-state index >= 15 is 0 Å². The highest BCUT2D eigenvalue weighted by molar-refractivity contribution is 7.91. The van der Waals surface area contributed by atoms with E-state index in [1.54, 1.807) is 18.2 Å². The molecule has 1 unspecified atom stereocenters. The molecule has 0 spiro atoms. The summed E-state index contributed by atoms with van der Waals surface area (Å²) in [5.74, 6) is 0.0547. The van der Waals surface area contributed by atoms with Crippen molar-refractivity contribution < 1.29 is 18.3 Å². The normalized spacial score (nSPS) is 20.6. The van der Waals surface area contributed by atoms with E-state index in [1.807, 2.05) is 11.0 Å². The highest BCUT2D eigenvalue weighted by Crippen LogP contribution is 2.14. The highest BCUT2D eigenvalue weighted by atomic mass is 32.2. The summed E-state index contributed by atoms with van der Waals surface area (Å²) < 4.78 is 30.0. The van der Waals surface area contributed by atoms with Crippen LogP contribution in [0.2, 0.25) is 0 Å². The molecule has 6 nitrogen and oxygen atoms in total. The van der Waals surface area contributed by atoms with Gasteiger partial charge in [-0.05, 0) is 17.7 Å². The maximum Gasteiger partial charge on any atom is 0.179 e. The van der Waals surface area contributed by atoms with E-state index in [4.69, 9.17) is 15.6 Å². The van der Waals surface area contributed by atoms with Gasteiger partial charge in [-0.2, -0.15) is 0 Å². The average molecular weight is 314 g/mol. The van der Waals surface area contributed by atoms with E-state index in [0.29, 0.717) is 37.7 Å². The standard InChI is InChI=1S/C14H22N2O4S/c15-9-12-2-1-3-14(8-12)21(18,19)7-5-16-4-6-20-13(10-16)11-17/h1-3,8,13,17H,4-7,9-11,15H2. The molecule has 3 N–H and O–H groups in total. The SMILES string of the molecule is NCc1cccc(S(=O)(=O)CCN2CCOC(CO)C2)c1. The van der Waals surface area contributed by atoms with Crippen LogP contribution < -0.4 is 5.73 Å². The summed E-state index contributed by atoms with van der Waals surface area (Å²) in [7, 11) is -3.32. The van der Waals surface area contributed by atoms with Crippen LogP contribution in [-0.2, 0) is 21.1 Å². The fourth-order valence-electron chi connectivity index (χ4n) is 2.33. The molecule has 1 atom stereocenters. The van der Waals surface area contributed by atoms with E-state index in [9.17, 15) is 8.42 Å². The van der Waals surface area contributed by atoms with Crippen molar-refractivity contribution in [2.45, 2.75) is 17.5 Å². The van der Waals surface area contributed by atoms with E-state index in [2.05, 4.69) is 0 Å². The minimum Gasteiger partial charge on any atom is -0.394 e. The van der Waals surface area contributed by atoms with Gasteiger partial charge in [0, 0.05) is 26.2 Å². The molecular formula is C14H22N2O4S. The Hall–Kier alpha value is -0.990. The summed E-state index contributed by atoms with van der Waals surface area (Å²) in [4.78, 5) is 2.33. The minimum atomic E-state index is -3.32. The number of morpholine rings is 1. The third-order valence-electron chi connectivity index (χ3n) is 3.60. The lowest BCUT2D eigenvalue weighted by atomic mass is 10.2. The minimum absolute atomic E-state index is 0.0399. The Kier molecular flexibility index (Phi) is 5.72. The summed E-state index contributed by atoms with van der Waals surface area (Å²) >= 11 is 0. The zero-order chi connectivity index (χ0) is 15.3. The highest BCUT2D eigenvalue weighted by Gasteiger charge is 2.22. The number of aliphatic hydroxyl groups is 1. The Morgan fingerprint density at radius 3 is 2.95 bits per heavy atom. The Bertz CT molecular complexity index is 562. The average Bonchev–Trinajstić information content (AvgIpc) is 2.53. The van der Waals surface area contributed by atoms with Crippen LogP contribution in [0.1, 0.15) is 5.56 Å². The first-order chi connectivity index (χ1) is 10.0. The molecule has 1 aromatic carbocycles. The van der Waals surface area contributed by atoms with Crippen molar-refractivity contribution in [3.05, 3.63) is 29.8 Å². The Morgan fingerprint density at radius 2 is 2.24 bits per heavy atom. The van der Waals surface area contributed by atoms with Crippen molar-refractivity contribution in [1.29, 1.82) is 0 Å². The van der Waals surface area contributed by atoms with Crippen molar-refractivity contribution in [3.63, 3.8) is 0 Å². The molecule has 118 valence electrons. The molecule has 0 bridgehead atoms. The number of sulfone groups is 1. The van der Waals surface area contributed by atoms with Crippen molar-refractivity contribution in [1.82, 2.24) is 4.90 Å². The number of hydrogen-bond acceptors (Lipinski definition) is 6. The van der Waals surface area contributed by atoms with Gasteiger partial charge in [-0.1, -0.05) is 12.1 Å². The molecule has 1 fully saturated rings. The van der Waals surface area contributed by atoms with Crippen molar-refractivity contribution in [3.8, 4) is 0 Å². The van der Waals surface area contributed by atoms with Gasteiger partial charge in [-0.25, -0.2) is 8.42 Å². The summed E-state index contributed by atoms with van der Waals surface area (Å²) in [5.41, 5.74) is 6.35. The van der Waals surface area contributed by atoms with Gasteiger partial charge < -0.3 is 15.6 Å². The van der Waals surface area contributed by atoms with Gasteiger partial charge in [0.05, 0.1) is 30.0 Å². The molecule has 0 aromatic heterocycles. The van der Waals surface area contributed by atoms with E-state index in [0.717, 1.165) is 5.56 Å². The summed E-state index contributed by atoms with van der Waals surface area (Å²) in [6, 6.07) is 6.76. The zero-order valence-corrected chi connectivity index (χ0v) is 12.8. The molecule has 0 radical (unpaired) electrons. The van der Waals surface area contributed by atoms with Crippen LogP contribution in [-0.4, -0.2) is 63.1 Å². The third kappa shape index (κ3) is 4.49. The van der Waals surface area contributed by atoms with Gasteiger partial charge in [0.25, 0.3) is 0 Å². The molecule has 0 amide bonds. The van der Waals surface area contributed by atoms with Gasteiger partial charge in [0.1, 0.15) is 0 Å². The maximum absolute atomic E-state index is 12.3. The first kappa shape index (κ1) is 16.4. The monoisotopic (exact) mass is 314 g/mol. The predicted octanol–water partition coefficient (Wildman–Crippen LogP) is -0.388. The molecular weight excluding hydrogens is 292 g/mol. The number of rotatable bonds is 6. The first-order valence-electron chi connectivity index (χ1n) is 7.02. The second-order valence-corrected chi connectivity index (χ2v) is 7.26. The molecule has 1 aliphatic heterocycles. The summed E-state index contributed by atoms with van der Waals surface area (Å²) in [6.07, 6.45) is -0.220. The molecule has 0 saturated carbocycles. The van der Waals surface area contributed by atoms with Crippen LogP contribution in [0, 0.1) is 0 Å². The zero-order valence-electron chi connectivity index (χ0n) is 11.9. The number of nitrogens with zero attached hydrogens (tertiary/aromatic N) is 1. The maximum atomic E-state index is 12.3. The fourth-order valence-corrected chi connectivity index (χ4v) is 3.68. The summed E-state index contributed by atoms with van der Waals surface area (Å²) in [6.45, 7) is 2.50. The number of ether oxygens (including phenoxy) is 1.